The molecule has 0 radical (unpaired) electrons. The van der Waals surface area contributed by atoms with E-state index < -0.39 is 11.7 Å². The Morgan fingerprint density at radius 1 is 0.969 bits per heavy atom. The van der Waals surface area contributed by atoms with Crippen LogP contribution in [0.4, 0.5) is 23.7 Å². The van der Waals surface area contributed by atoms with Gasteiger partial charge < -0.3 is 20.2 Å². The largest absolute Gasteiger partial charge is 0.493 e. The van der Waals surface area contributed by atoms with Crippen molar-refractivity contribution in [1.82, 2.24) is 14.8 Å². The molecule has 0 atom stereocenters. The Labute approximate surface area is 182 Å². The van der Waals surface area contributed by atoms with Crippen LogP contribution in [0.2, 0.25) is 0 Å². The minimum Gasteiger partial charge on any atom is -0.493 e. The van der Waals surface area contributed by atoms with Crippen molar-refractivity contribution in [2.24, 2.45) is 5.41 Å². The van der Waals surface area contributed by atoms with E-state index in [1.54, 1.807) is 9.80 Å². The van der Waals surface area contributed by atoms with Gasteiger partial charge in [0.25, 0.3) is 5.91 Å². The normalized spacial score (nSPS) is 18.1. The summed E-state index contributed by atoms with van der Waals surface area (Å²) in [6.07, 6.45) is -0.733. The number of aromatic hydroxyl groups is 1. The fraction of sp³-hybridized carbons (Fsp3) is 0.409. The van der Waals surface area contributed by atoms with Crippen molar-refractivity contribution in [1.29, 1.82) is 0 Å². The third-order valence-corrected chi connectivity index (χ3v) is 6.30. The highest BCUT2D eigenvalue weighted by molar-refractivity contribution is 5.94. The molecular weight excluding hydrogens is 425 g/mol. The Kier molecular flexibility index (Phi) is 5.70. The predicted octanol–water partition coefficient (Wildman–Crippen LogP) is 3.97. The van der Waals surface area contributed by atoms with Crippen LogP contribution in [0.15, 0.2) is 42.6 Å². The second-order valence-corrected chi connectivity index (χ2v) is 8.37. The monoisotopic (exact) mass is 448 g/mol. The number of urea groups is 1. The summed E-state index contributed by atoms with van der Waals surface area (Å²) in [5.74, 6) is -0.276. The summed E-state index contributed by atoms with van der Waals surface area (Å²) < 4.78 is 38.1. The van der Waals surface area contributed by atoms with Crippen LogP contribution < -0.4 is 5.32 Å². The molecule has 3 amide bonds. The zero-order chi connectivity index (χ0) is 22.9. The molecule has 1 spiro atoms. The maximum Gasteiger partial charge on any atom is 0.416 e. The summed E-state index contributed by atoms with van der Waals surface area (Å²) in [6.45, 7) is 2.23. The van der Waals surface area contributed by atoms with Crippen LogP contribution in [0, 0.1) is 5.41 Å². The quantitative estimate of drug-likeness (QED) is 0.728. The number of nitrogens with zero attached hydrogens (tertiary/aromatic N) is 3. The second-order valence-electron chi connectivity index (χ2n) is 8.37. The molecule has 3 heterocycles. The fourth-order valence-corrected chi connectivity index (χ4v) is 4.34. The molecule has 0 bridgehead atoms. The molecule has 2 N–H and O–H groups in total. The van der Waals surface area contributed by atoms with Gasteiger partial charge in [-0.1, -0.05) is 0 Å². The van der Waals surface area contributed by atoms with E-state index in [0.717, 1.165) is 31.4 Å². The number of piperidine rings is 1. The van der Waals surface area contributed by atoms with Gasteiger partial charge in [-0.05, 0) is 55.0 Å². The second kappa shape index (κ2) is 8.33. The average molecular weight is 448 g/mol. The number of halogens is 3. The number of carbonyl (C=O) groups excluding carboxylic acids is 2. The lowest BCUT2D eigenvalue weighted by Gasteiger charge is -2.39. The number of amides is 3. The van der Waals surface area contributed by atoms with E-state index in [4.69, 9.17) is 0 Å². The highest BCUT2D eigenvalue weighted by Crippen LogP contribution is 2.41. The van der Waals surface area contributed by atoms with Crippen LogP contribution in [0.5, 0.6) is 5.88 Å². The van der Waals surface area contributed by atoms with Crippen LogP contribution in [-0.4, -0.2) is 58.0 Å². The molecule has 7 nitrogen and oxygen atoms in total. The number of pyridine rings is 1. The molecule has 0 unspecified atom stereocenters. The van der Waals surface area contributed by atoms with Crippen molar-refractivity contribution in [3.05, 3.63) is 53.7 Å². The van der Waals surface area contributed by atoms with Gasteiger partial charge in [-0.25, -0.2) is 9.78 Å². The standard InChI is InChI=1S/C22H23F3N4O3/c23-22(24,25)16-2-4-17(5-3-16)27-20(32)29-12-9-21(14-29)7-10-28(11-8-21)19(31)15-1-6-18(30)26-13-15/h1-6,13H,7-12,14H2,(H,26,30)(H,27,32). The third-order valence-electron chi connectivity index (χ3n) is 6.30. The number of likely N-dealkylation sites (tertiary alicyclic amines) is 2. The molecule has 0 aliphatic carbocycles. The molecule has 1 aromatic heterocycles. The molecule has 4 rings (SSSR count). The van der Waals surface area contributed by atoms with E-state index in [1.165, 1.54) is 30.5 Å². The zero-order valence-corrected chi connectivity index (χ0v) is 17.2. The molecule has 10 heteroatoms. The lowest BCUT2D eigenvalue weighted by molar-refractivity contribution is -0.137. The Morgan fingerprint density at radius 2 is 1.59 bits per heavy atom. The first-order valence-corrected chi connectivity index (χ1v) is 10.3. The summed E-state index contributed by atoms with van der Waals surface area (Å²) >= 11 is 0. The molecule has 170 valence electrons. The van der Waals surface area contributed by atoms with Crippen molar-refractivity contribution in [3.8, 4) is 5.88 Å². The van der Waals surface area contributed by atoms with E-state index in [9.17, 15) is 27.9 Å². The smallest absolute Gasteiger partial charge is 0.416 e. The predicted molar refractivity (Wildman–Crippen MR) is 110 cm³/mol. The first kappa shape index (κ1) is 21.9. The average Bonchev–Trinajstić information content (AvgIpc) is 3.18. The molecule has 2 saturated heterocycles. The summed E-state index contributed by atoms with van der Waals surface area (Å²) in [6, 6.07) is 6.95. The molecule has 1 aromatic carbocycles. The van der Waals surface area contributed by atoms with Crippen LogP contribution in [0.3, 0.4) is 0 Å². The fourth-order valence-electron chi connectivity index (χ4n) is 4.34. The zero-order valence-electron chi connectivity index (χ0n) is 17.2. The van der Waals surface area contributed by atoms with Crippen LogP contribution in [0.25, 0.3) is 0 Å². The summed E-state index contributed by atoms with van der Waals surface area (Å²) in [7, 11) is 0. The van der Waals surface area contributed by atoms with Crippen LogP contribution in [0.1, 0.15) is 35.2 Å². The molecule has 2 aliphatic heterocycles. The van der Waals surface area contributed by atoms with Gasteiger partial charge in [0.15, 0.2) is 0 Å². The maximum absolute atomic E-state index is 12.7. The SMILES string of the molecule is O=C(Nc1ccc(C(F)(F)F)cc1)N1CCC2(CCN(C(=O)c3ccc(O)nc3)CC2)C1. The van der Waals surface area contributed by atoms with Gasteiger partial charge in [0, 0.05) is 44.1 Å². The minimum absolute atomic E-state index is 0.0680. The Hall–Kier alpha value is -3.30. The number of carbonyl (C=O) groups is 2. The molecule has 2 aliphatic rings. The number of anilines is 1. The number of aromatic nitrogens is 1. The van der Waals surface area contributed by atoms with Crippen molar-refractivity contribution >= 4 is 17.6 Å². The number of hydrogen-bond acceptors (Lipinski definition) is 4. The van der Waals surface area contributed by atoms with Crippen molar-refractivity contribution in [3.63, 3.8) is 0 Å². The topological polar surface area (TPSA) is 85.8 Å². The Balaban J connectivity index is 1.31. The highest BCUT2D eigenvalue weighted by atomic mass is 19.4. The highest BCUT2D eigenvalue weighted by Gasteiger charge is 2.43. The van der Waals surface area contributed by atoms with Gasteiger partial charge in [-0.2, -0.15) is 13.2 Å². The Bertz CT molecular complexity index is 985. The number of hydrogen-bond donors (Lipinski definition) is 2. The number of alkyl halides is 3. The van der Waals surface area contributed by atoms with Crippen molar-refractivity contribution in [2.75, 3.05) is 31.5 Å². The van der Waals surface area contributed by atoms with E-state index >= 15 is 0 Å². The summed E-state index contributed by atoms with van der Waals surface area (Å²) in [5.41, 5.74) is -0.101. The van der Waals surface area contributed by atoms with Gasteiger partial charge in [0.2, 0.25) is 5.88 Å². The van der Waals surface area contributed by atoms with Crippen LogP contribution in [-0.2, 0) is 6.18 Å². The minimum atomic E-state index is -4.42. The van der Waals surface area contributed by atoms with Crippen molar-refractivity contribution < 1.29 is 27.9 Å². The molecule has 0 saturated carbocycles. The van der Waals surface area contributed by atoms with E-state index in [0.29, 0.717) is 37.4 Å². The summed E-state index contributed by atoms with van der Waals surface area (Å²) in [5, 5.41) is 11.9. The molecule has 32 heavy (non-hydrogen) atoms. The first-order valence-electron chi connectivity index (χ1n) is 10.3. The van der Waals surface area contributed by atoms with E-state index in [-0.39, 0.29) is 23.2 Å². The molecule has 2 fully saturated rings. The Morgan fingerprint density at radius 3 is 2.16 bits per heavy atom. The third kappa shape index (κ3) is 4.63. The lowest BCUT2D eigenvalue weighted by Crippen LogP contribution is -2.45. The summed E-state index contributed by atoms with van der Waals surface area (Å²) in [4.78, 5) is 32.4. The van der Waals surface area contributed by atoms with Gasteiger partial charge in [-0.3, -0.25) is 4.79 Å². The number of nitrogens with one attached hydrogen (secondary N) is 1. The van der Waals surface area contributed by atoms with E-state index in [1.807, 2.05) is 0 Å². The lowest BCUT2D eigenvalue weighted by atomic mass is 9.77. The van der Waals surface area contributed by atoms with E-state index in [2.05, 4.69) is 10.3 Å². The van der Waals surface area contributed by atoms with Gasteiger partial charge >= 0.3 is 12.2 Å². The molecular formula is C22H23F3N4O3. The van der Waals surface area contributed by atoms with Gasteiger partial charge in [0.05, 0.1) is 11.1 Å². The first-order chi connectivity index (χ1) is 15.2. The number of rotatable bonds is 2. The van der Waals surface area contributed by atoms with Crippen LogP contribution >= 0.6 is 0 Å². The molecule has 2 aromatic rings. The number of benzene rings is 1. The van der Waals surface area contributed by atoms with Crippen molar-refractivity contribution in [2.45, 2.75) is 25.4 Å². The van der Waals surface area contributed by atoms with Gasteiger partial charge in [0.1, 0.15) is 0 Å². The maximum atomic E-state index is 12.7. The van der Waals surface area contributed by atoms with Gasteiger partial charge in [-0.15, -0.1) is 0 Å².